The van der Waals surface area contributed by atoms with Crippen LogP contribution in [0.3, 0.4) is 0 Å². The van der Waals surface area contributed by atoms with Crippen LogP contribution in [0.25, 0.3) is 0 Å². The number of sulfonamides is 1. The first kappa shape index (κ1) is 25.6. The zero-order valence-electron chi connectivity index (χ0n) is 19.7. The molecule has 6 nitrogen and oxygen atoms in total. The Bertz CT molecular complexity index is 1210. The van der Waals surface area contributed by atoms with Crippen LogP contribution in [-0.4, -0.2) is 40.3 Å². The van der Waals surface area contributed by atoms with Gasteiger partial charge in [0.05, 0.1) is 17.7 Å². The fraction of sp³-hybridized carbons (Fsp3) is 0.269. The van der Waals surface area contributed by atoms with Crippen molar-refractivity contribution in [3.63, 3.8) is 0 Å². The standard InChI is InChI=1S/C26H30N2O4S2/c1-20-13-14-25(32-3)24(17-20)28(34(30,31)23-11-5-4-6-12-23)18-26(29)27-15-16-33-19-22-10-8-7-9-21(22)2/h4-14,17H,15-16,18-19H2,1-3H3,(H,27,29). The number of carbonyl (C=O) groups is 1. The Labute approximate surface area is 206 Å². The molecule has 1 N–H and O–H groups in total. The minimum Gasteiger partial charge on any atom is -0.495 e. The minimum atomic E-state index is -3.99. The number of hydrogen-bond acceptors (Lipinski definition) is 5. The van der Waals surface area contributed by atoms with E-state index in [1.54, 1.807) is 42.1 Å². The Morgan fingerprint density at radius 2 is 1.71 bits per heavy atom. The second-order valence-corrected chi connectivity index (χ2v) is 10.8. The van der Waals surface area contributed by atoms with Crippen LogP contribution in [0.5, 0.6) is 5.75 Å². The van der Waals surface area contributed by atoms with Gasteiger partial charge in [-0.25, -0.2) is 8.42 Å². The van der Waals surface area contributed by atoms with Crippen molar-refractivity contribution < 1.29 is 17.9 Å². The molecule has 3 aromatic rings. The van der Waals surface area contributed by atoms with Crippen LogP contribution in [0.4, 0.5) is 5.69 Å². The summed E-state index contributed by atoms with van der Waals surface area (Å²) < 4.78 is 33.5. The number of hydrogen-bond donors (Lipinski definition) is 1. The molecule has 1 amide bonds. The highest BCUT2D eigenvalue weighted by atomic mass is 32.2. The van der Waals surface area contributed by atoms with Gasteiger partial charge in [-0.05, 0) is 54.8 Å². The third-order valence-electron chi connectivity index (χ3n) is 5.31. The molecule has 0 spiro atoms. The van der Waals surface area contributed by atoms with Gasteiger partial charge in [0.2, 0.25) is 5.91 Å². The van der Waals surface area contributed by atoms with Crippen molar-refractivity contribution in [2.24, 2.45) is 0 Å². The number of amides is 1. The molecule has 0 fully saturated rings. The maximum absolute atomic E-state index is 13.5. The normalized spacial score (nSPS) is 11.1. The van der Waals surface area contributed by atoms with E-state index in [0.29, 0.717) is 18.0 Å². The van der Waals surface area contributed by atoms with Crippen molar-refractivity contribution in [3.8, 4) is 5.75 Å². The van der Waals surface area contributed by atoms with Gasteiger partial charge in [-0.2, -0.15) is 11.8 Å². The highest BCUT2D eigenvalue weighted by Gasteiger charge is 2.29. The fourth-order valence-corrected chi connectivity index (χ4v) is 5.80. The number of rotatable bonds is 11. The van der Waals surface area contributed by atoms with E-state index in [-0.39, 0.29) is 17.3 Å². The predicted molar refractivity (Wildman–Crippen MR) is 139 cm³/mol. The SMILES string of the molecule is COc1ccc(C)cc1N(CC(=O)NCCSCc1ccccc1C)S(=O)(=O)c1ccccc1. The lowest BCUT2D eigenvalue weighted by Crippen LogP contribution is -2.41. The topological polar surface area (TPSA) is 75.7 Å². The molecule has 0 saturated heterocycles. The summed E-state index contributed by atoms with van der Waals surface area (Å²) in [5.41, 5.74) is 3.70. The zero-order valence-corrected chi connectivity index (χ0v) is 21.3. The minimum absolute atomic E-state index is 0.111. The molecule has 0 heterocycles. The highest BCUT2D eigenvalue weighted by molar-refractivity contribution is 7.98. The first-order valence-electron chi connectivity index (χ1n) is 10.9. The predicted octanol–water partition coefficient (Wildman–Crippen LogP) is 4.56. The largest absolute Gasteiger partial charge is 0.495 e. The number of ether oxygens (including phenoxy) is 1. The number of aryl methyl sites for hydroxylation is 2. The van der Waals surface area contributed by atoms with Crippen molar-refractivity contribution in [1.29, 1.82) is 0 Å². The summed E-state index contributed by atoms with van der Waals surface area (Å²) in [4.78, 5) is 12.9. The van der Waals surface area contributed by atoms with Gasteiger partial charge in [0, 0.05) is 18.1 Å². The lowest BCUT2D eigenvalue weighted by Gasteiger charge is -2.26. The molecule has 8 heteroatoms. The van der Waals surface area contributed by atoms with Crippen LogP contribution in [-0.2, 0) is 20.6 Å². The Morgan fingerprint density at radius 3 is 2.41 bits per heavy atom. The Balaban J connectivity index is 1.71. The molecular weight excluding hydrogens is 468 g/mol. The zero-order chi connectivity index (χ0) is 24.6. The number of nitrogens with one attached hydrogen (secondary N) is 1. The number of thioether (sulfide) groups is 1. The molecular formula is C26H30N2O4S2. The van der Waals surface area contributed by atoms with Crippen LogP contribution >= 0.6 is 11.8 Å². The van der Waals surface area contributed by atoms with Gasteiger partial charge in [0.1, 0.15) is 12.3 Å². The molecule has 0 aliphatic heterocycles. The van der Waals surface area contributed by atoms with Crippen molar-refractivity contribution in [2.45, 2.75) is 24.5 Å². The lowest BCUT2D eigenvalue weighted by molar-refractivity contribution is -0.119. The van der Waals surface area contributed by atoms with E-state index in [9.17, 15) is 13.2 Å². The van der Waals surface area contributed by atoms with Gasteiger partial charge in [-0.3, -0.25) is 9.10 Å². The molecule has 0 aliphatic rings. The molecule has 180 valence electrons. The van der Waals surface area contributed by atoms with Crippen LogP contribution in [0, 0.1) is 13.8 Å². The molecule has 0 saturated carbocycles. The molecule has 3 aromatic carbocycles. The van der Waals surface area contributed by atoms with Gasteiger partial charge >= 0.3 is 0 Å². The average molecular weight is 499 g/mol. The Hall–Kier alpha value is -2.97. The van der Waals surface area contributed by atoms with E-state index < -0.39 is 10.0 Å². The third-order valence-corrected chi connectivity index (χ3v) is 8.09. The number of nitrogens with zero attached hydrogens (tertiary/aromatic N) is 1. The maximum Gasteiger partial charge on any atom is 0.264 e. The average Bonchev–Trinajstić information content (AvgIpc) is 2.84. The van der Waals surface area contributed by atoms with Crippen LogP contribution in [0.2, 0.25) is 0 Å². The van der Waals surface area contributed by atoms with E-state index in [0.717, 1.165) is 21.4 Å². The van der Waals surface area contributed by atoms with Gasteiger partial charge < -0.3 is 10.1 Å². The molecule has 3 rings (SSSR count). The molecule has 0 aliphatic carbocycles. The summed E-state index contributed by atoms with van der Waals surface area (Å²) >= 11 is 1.72. The molecule has 0 aromatic heterocycles. The van der Waals surface area contributed by atoms with Crippen LogP contribution in [0.15, 0.2) is 77.7 Å². The summed E-state index contributed by atoms with van der Waals surface area (Å²) in [5, 5.41) is 2.85. The molecule has 0 radical (unpaired) electrons. The fourth-order valence-electron chi connectivity index (χ4n) is 3.42. The quantitative estimate of drug-likeness (QED) is 0.393. The van der Waals surface area contributed by atoms with Crippen molar-refractivity contribution >= 4 is 33.4 Å². The van der Waals surface area contributed by atoms with Crippen molar-refractivity contribution in [2.75, 3.05) is 30.3 Å². The third kappa shape index (κ3) is 6.55. The van der Waals surface area contributed by atoms with Gasteiger partial charge in [0.25, 0.3) is 10.0 Å². The molecule has 0 atom stereocenters. The Kier molecular flexibility index (Phi) is 9.01. The monoisotopic (exact) mass is 498 g/mol. The number of carbonyl (C=O) groups excluding carboxylic acids is 1. The summed E-state index contributed by atoms with van der Waals surface area (Å²) in [5.74, 6) is 1.59. The highest BCUT2D eigenvalue weighted by Crippen LogP contribution is 2.33. The van der Waals surface area contributed by atoms with E-state index >= 15 is 0 Å². The number of anilines is 1. The van der Waals surface area contributed by atoms with Crippen molar-refractivity contribution in [3.05, 3.63) is 89.5 Å². The summed E-state index contributed by atoms with van der Waals surface area (Å²) in [6.07, 6.45) is 0. The Morgan fingerprint density at radius 1 is 1.00 bits per heavy atom. The molecule has 0 bridgehead atoms. The molecule has 0 unspecified atom stereocenters. The first-order valence-corrected chi connectivity index (χ1v) is 13.5. The van der Waals surface area contributed by atoms with E-state index in [2.05, 4.69) is 24.4 Å². The maximum atomic E-state index is 13.5. The van der Waals surface area contributed by atoms with E-state index in [1.165, 1.54) is 30.4 Å². The smallest absolute Gasteiger partial charge is 0.264 e. The summed E-state index contributed by atoms with van der Waals surface area (Å²) in [6.45, 7) is 4.04. The van der Waals surface area contributed by atoms with Crippen molar-refractivity contribution in [1.82, 2.24) is 5.32 Å². The van der Waals surface area contributed by atoms with Gasteiger partial charge in [0.15, 0.2) is 0 Å². The summed E-state index contributed by atoms with van der Waals surface area (Å²) in [7, 11) is -2.51. The van der Waals surface area contributed by atoms with E-state index in [4.69, 9.17) is 4.74 Å². The number of methoxy groups -OCH3 is 1. The lowest BCUT2D eigenvalue weighted by atomic mass is 10.1. The van der Waals surface area contributed by atoms with Crippen LogP contribution in [0.1, 0.15) is 16.7 Å². The van der Waals surface area contributed by atoms with E-state index in [1.807, 2.05) is 25.1 Å². The second kappa shape index (κ2) is 11.9. The number of benzene rings is 3. The van der Waals surface area contributed by atoms with Gasteiger partial charge in [-0.1, -0.05) is 48.5 Å². The second-order valence-electron chi connectivity index (χ2n) is 7.83. The van der Waals surface area contributed by atoms with Gasteiger partial charge in [-0.15, -0.1) is 0 Å². The first-order chi connectivity index (χ1) is 16.3. The summed E-state index contributed by atoms with van der Waals surface area (Å²) in [6, 6.07) is 21.6. The van der Waals surface area contributed by atoms with Crippen LogP contribution < -0.4 is 14.4 Å². The molecule has 34 heavy (non-hydrogen) atoms.